The van der Waals surface area contributed by atoms with Crippen LogP contribution in [-0.2, 0) is 0 Å². The first kappa shape index (κ1) is 18.1. The van der Waals surface area contributed by atoms with E-state index in [9.17, 15) is 9.90 Å². The molecule has 1 aromatic rings. The van der Waals surface area contributed by atoms with E-state index in [2.05, 4.69) is 6.92 Å². The molecule has 1 saturated carbocycles. The van der Waals surface area contributed by atoms with Gasteiger partial charge < -0.3 is 19.5 Å². The topological polar surface area (TPSA) is 59.0 Å². The molecule has 1 heterocycles. The van der Waals surface area contributed by atoms with E-state index in [4.69, 9.17) is 9.47 Å². The molecule has 1 unspecified atom stereocenters. The molecule has 1 spiro atoms. The number of piperidine rings is 1. The number of carbonyl (C=O) groups is 1. The van der Waals surface area contributed by atoms with Gasteiger partial charge in [0, 0.05) is 24.6 Å². The van der Waals surface area contributed by atoms with Crippen LogP contribution in [0, 0.1) is 5.41 Å². The van der Waals surface area contributed by atoms with E-state index in [0.717, 1.165) is 38.5 Å². The average molecular weight is 347 g/mol. The minimum Gasteiger partial charge on any atom is -0.497 e. The normalized spacial score (nSPS) is 24.7. The fraction of sp³-hybridized carbons (Fsp3) is 0.650. The SMILES string of the molecule is CCCC1(O)CCC12CCN(C(=O)c1ccc(OC)cc1OC)CC2. The lowest BCUT2D eigenvalue weighted by atomic mass is 9.51. The maximum absolute atomic E-state index is 12.9. The van der Waals surface area contributed by atoms with Gasteiger partial charge in [-0.15, -0.1) is 0 Å². The molecular weight excluding hydrogens is 318 g/mol. The fourth-order valence-electron chi connectivity index (χ4n) is 4.57. The van der Waals surface area contributed by atoms with Crippen LogP contribution < -0.4 is 9.47 Å². The summed E-state index contributed by atoms with van der Waals surface area (Å²) in [5, 5.41) is 10.9. The van der Waals surface area contributed by atoms with Crippen LogP contribution in [0.1, 0.15) is 55.8 Å². The Morgan fingerprint density at radius 3 is 2.40 bits per heavy atom. The quantitative estimate of drug-likeness (QED) is 0.888. The zero-order chi connectivity index (χ0) is 18.1. The van der Waals surface area contributed by atoms with E-state index in [1.165, 1.54) is 0 Å². The van der Waals surface area contributed by atoms with E-state index in [1.54, 1.807) is 32.4 Å². The van der Waals surface area contributed by atoms with Crippen molar-refractivity contribution < 1.29 is 19.4 Å². The lowest BCUT2D eigenvalue weighted by Gasteiger charge is -2.59. The maximum Gasteiger partial charge on any atom is 0.257 e. The highest BCUT2D eigenvalue weighted by atomic mass is 16.5. The van der Waals surface area contributed by atoms with Gasteiger partial charge in [-0.3, -0.25) is 4.79 Å². The summed E-state index contributed by atoms with van der Waals surface area (Å²) in [5.41, 5.74) is 0.0649. The Labute approximate surface area is 149 Å². The molecule has 0 aromatic heterocycles. The van der Waals surface area contributed by atoms with E-state index in [-0.39, 0.29) is 11.3 Å². The van der Waals surface area contributed by atoms with Crippen molar-refractivity contribution in [2.24, 2.45) is 5.41 Å². The fourth-order valence-corrected chi connectivity index (χ4v) is 4.57. The largest absolute Gasteiger partial charge is 0.497 e. The van der Waals surface area contributed by atoms with E-state index in [1.807, 2.05) is 4.90 Å². The highest BCUT2D eigenvalue weighted by molar-refractivity contribution is 5.97. The van der Waals surface area contributed by atoms with Gasteiger partial charge in [-0.05, 0) is 44.2 Å². The summed E-state index contributed by atoms with van der Waals surface area (Å²) in [4.78, 5) is 14.8. The lowest BCUT2D eigenvalue weighted by molar-refractivity contribution is -0.191. The molecule has 3 rings (SSSR count). The molecule has 1 amide bonds. The molecule has 1 aliphatic heterocycles. The van der Waals surface area contributed by atoms with Gasteiger partial charge in [0.25, 0.3) is 5.91 Å². The van der Waals surface area contributed by atoms with Crippen molar-refractivity contribution in [2.75, 3.05) is 27.3 Å². The summed E-state index contributed by atoms with van der Waals surface area (Å²) in [7, 11) is 3.16. The van der Waals surface area contributed by atoms with Gasteiger partial charge in [0.2, 0.25) is 0 Å². The van der Waals surface area contributed by atoms with Gasteiger partial charge in [-0.1, -0.05) is 13.3 Å². The van der Waals surface area contributed by atoms with Crippen LogP contribution in [0.3, 0.4) is 0 Å². The monoisotopic (exact) mass is 347 g/mol. The van der Waals surface area contributed by atoms with Gasteiger partial charge in [0.15, 0.2) is 0 Å². The second kappa shape index (κ2) is 6.87. The van der Waals surface area contributed by atoms with Gasteiger partial charge in [-0.25, -0.2) is 0 Å². The number of likely N-dealkylation sites (tertiary alicyclic amines) is 1. The van der Waals surface area contributed by atoms with E-state index >= 15 is 0 Å². The summed E-state index contributed by atoms with van der Waals surface area (Å²) < 4.78 is 10.6. The van der Waals surface area contributed by atoms with Crippen LogP contribution >= 0.6 is 0 Å². The molecule has 1 N–H and O–H groups in total. The molecule has 1 saturated heterocycles. The molecule has 0 bridgehead atoms. The van der Waals surface area contributed by atoms with Crippen LogP contribution in [0.25, 0.3) is 0 Å². The van der Waals surface area contributed by atoms with Crippen molar-refractivity contribution in [3.63, 3.8) is 0 Å². The van der Waals surface area contributed by atoms with E-state index < -0.39 is 5.60 Å². The number of aliphatic hydroxyl groups is 1. The molecule has 5 heteroatoms. The molecule has 5 nitrogen and oxygen atoms in total. The Hall–Kier alpha value is -1.75. The molecule has 0 radical (unpaired) electrons. The first-order valence-electron chi connectivity index (χ1n) is 9.22. The average Bonchev–Trinajstić information content (AvgIpc) is 2.66. The van der Waals surface area contributed by atoms with Crippen LogP contribution in [0.15, 0.2) is 18.2 Å². The molecule has 2 aliphatic rings. The molecular formula is C20H29NO4. The smallest absolute Gasteiger partial charge is 0.257 e. The summed E-state index contributed by atoms with van der Waals surface area (Å²) in [6, 6.07) is 5.29. The van der Waals surface area contributed by atoms with Crippen molar-refractivity contribution in [1.82, 2.24) is 4.90 Å². The van der Waals surface area contributed by atoms with Crippen molar-refractivity contribution in [1.29, 1.82) is 0 Å². The third-order valence-corrected chi connectivity index (χ3v) is 6.31. The van der Waals surface area contributed by atoms with Gasteiger partial charge in [0.05, 0.1) is 25.4 Å². The molecule has 2 fully saturated rings. The number of ether oxygens (including phenoxy) is 2. The summed E-state index contributed by atoms with van der Waals surface area (Å²) in [6.45, 7) is 3.51. The third-order valence-electron chi connectivity index (χ3n) is 6.31. The summed E-state index contributed by atoms with van der Waals surface area (Å²) >= 11 is 0. The number of hydrogen-bond donors (Lipinski definition) is 1. The Bertz CT molecular complexity index is 637. The van der Waals surface area contributed by atoms with Crippen molar-refractivity contribution in [3.05, 3.63) is 23.8 Å². The van der Waals surface area contributed by atoms with Gasteiger partial charge >= 0.3 is 0 Å². The molecule has 138 valence electrons. The molecule has 25 heavy (non-hydrogen) atoms. The van der Waals surface area contributed by atoms with Gasteiger partial charge in [0.1, 0.15) is 11.5 Å². The second-order valence-corrected chi connectivity index (χ2v) is 7.42. The molecule has 1 aromatic carbocycles. The summed E-state index contributed by atoms with van der Waals surface area (Å²) in [6.07, 6.45) is 5.62. The van der Waals surface area contributed by atoms with Crippen LogP contribution in [0.5, 0.6) is 11.5 Å². The number of hydrogen-bond acceptors (Lipinski definition) is 4. The van der Waals surface area contributed by atoms with Crippen molar-refractivity contribution >= 4 is 5.91 Å². The number of carbonyl (C=O) groups excluding carboxylic acids is 1. The highest BCUT2D eigenvalue weighted by Gasteiger charge is 2.58. The Kier molecular flexibility index (Phi) is 4.96. The number of methoxy groups -OCH3 is 2. The van der Waals surface area contributed by atoms with Crippen LogP contribution in [0.2, 0.25) is 0 Å². The predicted octanol–water partition coefficient (Wildman–Crippen LogP) is 3.25. The first-order valence-corrected chi connectivity index (χ1v) is 9.22. The minimum atomic E-state index is -0.519. The van der Waals surface area contributed by atoms with Crippen LogP contribution in [-0.4, -0.2) is 48.8 Å². The van der Waals surface area contributed by atoms with Crippen molar-refractivity contribution in [3.8, 4) is 11.5 Å². The summed E-state index contributed by atoms with van der Waals surface area (Å²) in [5.74, 6) is 1.20. The van der Waals surface area contributed by atoms with E-state index in [0.29, 0.717) is 30.2 Å². The van der Waals surface area contributed by atoms with Gasteiger partial charge in [-0.2, -0.15) is 0 Å². The third kappa shape index (κ3) is 2.99. The lowest BCUT2D eigenvalue weighted by Crippen LogP contribution is -2.61. The molecule has 1 aliphatic carbocycles. The predicted molar refractivity (Wildman–Crippen MR) is 96.2 cm³/mol. The number of rotatable bonds is 5. The standard InChI is InChI=1S/C20H29NO4/c1-4-7-20(23)9-8-19(20)10-12-21(13-11-19)18(22)16-6-5-15(24-2)14-17(16)25-3/h5-6,14,23H,4,7-13H2,1-3H3. The maximum atomic E-state index is 12.9. The Morgan fingerprint density at radius 2 is 1.88 bits per heavy atom. The highest BCUT2D eigenvalue weighted by Crippen LogP contribution is 2.58. The zero-order valence-electron chi connectivity index (χ0n) is 15.5. The first-order chi connectivity index (χ1) is 12.0. The number of amides is 1. The number of nitrogens with zero attached hydrogens (tertiary/aromatic N) is 1. The minimum absolute atomic E-state index is 0.00675. The second-order valence-electron chi connectivity index (χ2n) is 7.42. The van der Waals surface area contributed by atoms with Crippen molar-refractivity contribution in [2.45, 2.75) is 51.0 Å². The number of benzene rings is 1. The molecule has 1 atom stereocenters. The Balaban J connectivity index is 1.70. The van der Waals surface area contributed by atoms with Crippen LogP contribution in [0.4, 0.5) is 0 Å². The Morgan fingerprint density at radius 1 is 1.16 bits per heavy atom. The zero-order valence-corrected chi connectivity index (χ0v) is 15.5.